The zero-order valence-corrected chi connectivity index (χ0v) is 23.0. The monoisotopic (exact) mass is 545 g/mol. The summed E-state index contributed by atoms with van der Waals surface area (Å²) in [6.45, 7) is 1.86. The number of para-hydroxylation sites is 1. The highest BCUT2D eigenvalue weighted by Crippen LogP contribution is 2.41. The van der Waals surface area contributed by atoms with Gasteiger partial charge < -0.3 is 23.4 Å². The summed E-state index contributed by atoms with van der Waals surface area (Å²) in [5.41, 5.74) is 2.58. The highest BCUT2D eigenvalue weighted by molar-refractivity contribution is 7.98. The normalized spacial score (nSPS) is 11.0. The quantitative estimate of drug-likeness (QED) is 0.171. The van der Waals surface area contributed by atoms with E-state index in [0.29, 0.717) is 67.7 Å². The van der Waals surface area contributed by atoms with Crippen LogP contribution < -0.4 is 24.5 Å². The van der Waals surface area contributed by atoms with Crippen LogP contribution in [0.25, 0.3) is 28.0 Å². The Morgan fingerprint density at radius 1 is 0.872 bits per heavy atom. The van der Waals surface area contributed by atoms with E-state index >= 15 is 0 Å². The smallest absolute Gasteiger partial charge is 0.266 e. The number of nitrogens with zero attached hydrogens (tertiary/aromatic N) is 3. The lowest BCUT2D eigenvalue weighted by Crippen LogP contribution is -2.21. The topological polar surface area (TPSA) is 97.8 Å². The molecule has 5 rings (SSSR count). The molecule has 200 valence electrons. The van der Waals surface area contributed by atoms with E-state index in [2.05, 4.69) is 0 Å². The average Bonchev–Trinajstić information content (AvgIpc) is 3.35. The van der Waals surface area contributed by atoms with E-state index in [0.717, 1.165) is 5.69 Å². The fourth-order valence-electron chi connectivity index (χ4n) is 4.19. The van der Waals surface area contributed by atoms with Crippen LogP contribution in [0.15, 0.2) is 75.0 Å². The highest BCUT2D eigenvalue weighted by Gasteiger charge is 2.20. The minimum Gasteiger partial charge on any atom is -0.497 e. The second kappa shape index (κ2) is 11.1. The molecule has 0 N–H and O–H groups in total. The lowest BCUT2D eigenvalue weighted by atomic mass is 10.2. The third kappa shape index (κ3) is 5.03. The number of rotatable bonds is 9. The van der Waals surface area contributed by atoms with Gasteiger partial charge in [-0.2, -0.15) is 0 Å². The summed E-state index contributed by atoms with van der Waals surface area (Å²) in [5.74, 6) is 3.70. The fraction of sp³-hybridized carbons (Fsp3) is 0.207. The van der Waals surface area contributed by atoms with Gasteiger partial charge in [-0.1, -0.05) is 23.9 Å². The SMILES string of the molecule is COc1ccc(-n2c(SCc3nc(-c4cc(OC)c(OC)c(OC)c4)oc3C)nc3ccccc3c2=O)cc1. The van der Waals surface area contributed by atoms with Crippen molar-refractivity contribution in [3.63, 3.8) is 0 Å². The first-order valence-corrected chi connectivity index (χ1v) is 13.0. The Hall–Kier alpha value is -4.44. The zero-order chi connectivity index (χ0) is 27.5. The maximum atomic E-state index is 13.6. The lowest BCUT2D eigenvalue weighted by molar-refractivity contribution is 0.324. The summed E-state index contributed by atoms with van der Waals surface area (Å²) in [7, 11) is 6.27. The van der Waals surface area contributed by atoms with E-state index in [4.69, 9.17) is 33.3 Å². The Morgan fingerprint density at radius 2 is 1.56 bits per heavy atom. The number of ether oxygens (including phenoxy) is 4. The Morgan fingerprint density at radius 3 is 2.21 bits per heavy atom. The van der Waals surface area contributed by atoms with Gasteiger partial charge in [0.2, 0.25) is 11.6 Å². The molecular formula is C29H27N3O6S. The molecule has 0 aliphatic heterocycles. The van der Waals surface area contributed by atoms with Crippen LogP contribution in [0.4, 0.5) is 0 Å². The third-order valence-corrected chi connectivity index (χ3v) is 7.17. The highest BCUT2D eigenvalue weighted by atomic mass is 32.2. The van der Waals surface area contributed by atoms with E-state index in [1.807, 2.05) is 49.4 Å². The molecule has 0 bridgehead atoms. The number of benzene rings is 3. The second-order valence-corrected chi connectivity index (χ2v) is 9.42. The van der Waals surface area contributed by atoms with E-state index < -0.39 is 0 Å². The predicted octanol–water partition coefficient (Wildman–Crippen LogP) is 5.68. The largest absolute Gasteiger partial charge is 0.497 e. The molecule has 3 aromatic carbocycles. The summed E-state index contributed by atoms with van der Waals surface area (Å²) >= 11 is 1.41. The van der Waals surface area contributed by atoms with Crippen LogP contribution in [-0.4, -0.2) is 43.0 Å². The molecule has 0 fully saturated rings. The third-order valence-electron chi connectivity index (χ3n) is 6.22. The molecule has 0 amide bonds. The van der Waals surface area contributed by atoms with Crippen molar-refractivity contribution in [2.24, 2.45) is 0 Å². The summed E-state index contributed by atoms with van der Waals surface area (Å²) < 4.78 is 29.3. The Kier molecular flexibility index (Phi) is 7.47. The van der Waals surface area contributed by atoms with Crippen molar-refractivity contribution in [1.82, 2.24) is 14.5 Å². The molecule has 39 heavy (non-hydrogen) atoms. The first-order valence-electron chi connectivity index (χ1n) is 12.0. The average molecular weight is 546 g/mol. The van der Waals surface area contributed by atoms with Gasteiger partial charge in [-0.05, 0) is 55.5 Å². The molecular weight excluding hydrogens is 518 g/mol. The molecule has 5 aromatic rings. The number of aryl methyl sites for hydroxylation is 1. The Balaban J connectivity index is 1.51. The minimum absolute atomic E-state index is 0.150. The van der Waals surface area contributed by atoms with Crippen LogP contribution in [-0.2, 0) is 5.75 Å². The number of oxazole rings is 1. The van der Waals surface area contributed by atoms with Gasteiger partial charge in [-0.25, -0.2) is 9.97 Å². The van der Waals surface area contributed by atoms with Crippen molar-refractivity contribution in [2.45, 2.75) is 17.8 Å². The van der Waals surface area contributed by atoms with E-state index in [-0.39, 0.29) is 5.56 Å². The van der Waals surface area contributed by atoms with Crippen LogP contribution in [0.5, 0.6) is 23.0 Å². The standard InChI is InChI=1S/C29H27N3O6S/c1-17-23(30-27(38-17)18-14-24(35-3)26(37-5)25(15-18)36-4)16-39-29-31-22-9-7-6-8-21(22)28(33)32(29)19-10-12-20(34-2)13-11-19/h6-15H,16H2,1-5H3. The summed E-state index contributed by atoms with van der Waals surface area (Å²) in [4.78, 5) is 23.1. The summed E-state index contributed by atoms with van der Waals surface area (Å²) in [5, 5.41) is 1.08. The number of hydrogen-bond donors (Lipinski definition) is 0. The maximum Gasteiger partial charge on any atom is 0.266 e. The van der Waals surface area contributed by atoms with E-state index in [9.17, 15) is 4.79 Å². The van der Waals surface area contributed by atoms with Crippen molar-refractivity contribution in [1.29, 1.82) is 0 Å². The predicted molar refractivity (Wildman–Crippen MR) is 150 cm³/mol. The van der Waals surface area contributed by atoms with Crippen LogP contribution in [0.2, 0.25) is 0 Å². The zero-order valence-electron chi connectivity index (χ0n) is 22.2. The molecule has 0 saturated heterocycles. The van der Waals surface area contributed by atoms with Crippen molar-refractivity contribution in [3.8, 4) is 40.1 Å². The Labute approximate surface area is 229 Å². The van der Waals surface area contributed by atoms with Crippen molar-refractivity contribution in [3.05, 3.63) is 82.5 Å². The molecule has 10 heteroatoms. The molecule has 0 spiro atoms. The van der Waals surface area contributed by atoms with Gasteiger partial charge in [-0.3, -0.25) is 9.36 Å². The number of hydrogen-bond acceptors (Lipinski definition) is 9. The first kappa shape index (κ1) is 26.2. The number of fused-ring (bicyclic) bond motifs is 1. The van der Waals surface area contributed by atoms with Gasteiger partial charge >= 0.3 is 0 Å². The molecule has 0 aliphatic carbocycles. The van der Waals surface area contributed by atoms with Gasteiger partial charge in [0.1, 0.15) is 11.5 Å². The summed E-state index contributed by atoms with van der Waals surface area (Å²) in [6.07, 6.45) is 0. The van der Waals surface area contributed by atoms with E-state index in [1.54, 1.807) is 51.2 Å². The van der Waals surface area contributed by atoms with Gasteiger partial charge in [0, 0.05) is 11.3 Å². The molecule has 0 radical (unpaired) electrons. The maximum absolute atomic E-state index is 13.6. The molecule has 0 atom stereocenters. The van der Waals surface area contributed by atoms with Crippen LogP contribution in [0, 0.1) is 6.92 Å². The molecule has 0 aliphatic rings. The van der Waals surface area contributed by atoms with Crippen LogP contribution in [0.1, 0.15) is 11.5 Å². The summed E-state index contributed by atoms with van der Waals surface area (Å²) in [6, 6.07) is 18.2. The fourth-order valence-corrected chi connectivity index (χ4v) is 5.20. The Bertz CT molecular complexity index is 1670. The van der Waals surface area contributed by atoms with Crippen molar-refractivity contribution >= 4 is 22.7 Å². The van der Waals surface area contributed by atoms with Crippen molar-refractivity contribution < 1.29 is 23.4 Å². The first-order chi connectivity index (χ1) is 19.0. The molecule has 0 unspecified atom stereocenters. The van der Waals surface area contributed by atoms with Crippen LogP contribution in [0.3, 0.4) is 0 Å². The van der Waals surface area contributed by atoms with Gasteiger partial charge in [0.15, 0.2) is 16.7 Å². The van der Waals surface area contributed by atoms with Gasteiger partial charge in [0.25, 0.3) is 5.56 Å². The number of methoxy groups -OCH3 is 4. The van der Waals surface area contributed by atoms with Gasteiger partial charge in [-0.15, -0.1) is 0 Å². The second-order valence-electron chi connectivity index (χ2n) is 8.47. The van der Waals surface area contributed by atoms with Crippen LogP contribution >= 0.6 is 11.8 Å². The molecule has 2 heterocycles. The number of thioether (sulfide) groups is 1. The number of aromatic nitrogens is 3. The minimum atomic E-state index is -0.150. The molecule has 9 nitrogen and oxygen atoms in total. The molecule has 0 saturated carbocycles. The molecule has 2 aromatic heterocycles. The van der Waals surface area contributed by atoms with Crippen molar-refractivity contribution in [2.75, 3.05) is 28.4 Å². The van der Waals surface area contributed by atoms with Gasteiger partial charge in [0.05, 0.1) is 50.7 Å². The van der Waals surface area contributed by atoms with E-state index in [1.165, 1.54) is 11.8 Å². The lowest BCUT2D eigenvalue weighted by Gasteiger charge is -2.13.